The van der Waals surface area contributed by atoms with Crippen LogP contribution >= 0.6 is 0 Å². The molecule has 0 aromatic heterocycles. The average Bonchev–Trinajstić information content (AvgIpc) is 2.61. The van der Waals surface area contributed by atoms with Crippen LogP contribution in [0.5, 0.6) is 0 Å². The van der Waals surface area contributed by atoms with Crippen molar-refractivity contribution in [3.05, 3.63) is 84.0 Å². The Kier molecular flexibility index (Phi) is 6.37. The van der Waals surface area contributed by atoms with Gasteiger partial charge in [-0.3, -0.25) is 4.79 Å². The van der Waals surface area contributed by atoms with Crippen LogP contribution in [-0.2, 0) is 0 Å². The molecule has 0 unspecified atom stereocenters. The summed E-state index contributed by atoms with van der Waals surface area (Å²) in [5.74, 6) is 0.0205. The third-order valence-electron chi connectivity index (χ3n) is 3.73. The van der Waals surface area contributed by atoms with Crippen molar-refractivity contribution in [3.8, 4) is 0 Å². The van der Waals surface area contributed by atoms with E-state index in [1.54, 1.807) is 12.2 Å². The van der Waals surface area contributed by atoms with Gasteiger partial charge in [0.1, 0.15) is 0 Å². The first-order chi connectivity index (χ1) is 11.2. The second kappa shape index (κ2) is 8.74. The minimum absolute atomic E-state index is 0.0205. The molecule has 0 N–H and O–H groups in total. The second-order valence-electron chi connectivity index (χ2n) is 5.21. The molecule has 23 heavy (non-hydrogen) atoms. The molecule has 0 fully saturated rings. The van der Waals surface area contributed by atoms with E-state index in [0.29, 0.717) is 5.56 Å². The lowest BCUT2D eigenvalue weighted by atomic mass is 10.1. The van der Waals surface area contributed by atoms with Crippen molar-refractivity contribution in [1.29, 1.82) is 0 Å². The van der Waals surface area contributed by atoms with Crippen LogP contribution < -0.4 is 4.90 Å². The lowest BCUT2D eigenvalue weighted by Crippen LogP contribution is -2.21. The molecule has 2 rings (SSSR count). The molecule has 0 atom stereocenters. The van der Waals surface area contributed by atoms with E-state index in [4.69, 9.17) is 0 Å². The van der Waals surface area contributed by atoms with Gasteiger partial charge < -0.3 is 4.90 Å². The number of ketones is 1. The summed E-state index contributed by atoms with van der Waals surface area (Å²) in [6.45, 7) is 6.34. The molecule has 0 bridgehead atoms. The molecular weight excluding hydrogens is 282 g/mol. The molecule has 0 spiro atoms. The first kappa shape index (κ1) is 16.8. The van der Waals surface area contributed by atoms with Crippen molar-refractivity contribution in [2.75, 3.05) is 18.0 Å². The zero-order valence-corrected chi connectivity index (χ0v) is 13.8. The van der Waals surface area contributed by atoms with Crippen LogP contribution in [0, 0.1) is 0 Å². The third-order valence-corrected chi connectivity index (χ3v) is 3.73. The van der Waals surface area contributed by atoms with E-state index in [2.05, 4.69) is 43.0 Å². The standard InChI is InChI=1S/C21H23NO/c1-3-22(4-2)20-16-14-18(15-17-20)10-8-9-13-21(23)19-11-6-5-7-12-19/h5-17H,3-4H2,1-2H3/b10-8+,13-9+. The number of hydrogen-bond acceptors (Lipinski definition) is 2. The molecular formula is C21H23NO. The Balaban J connectivity index is 1.95. The maximum absolute atomic E-state index is 11.9. The van der Waals surface area contributed by atoms with E-state index in [1.807, 2.05) is 42.5 Å². The minimum Gasteiger partial charge on any atom is -0.372 e. The summed E-state index contributed by atoms with van der Waals surface area (Å²) in [6, 6.07) is 17.7. The highest BCUT2D eigenvalue weighted by atomic mass is 16.1. The van der Waals surface area contributed by atoms with Gasteiger partial charge in [-0.25, -0.2) is 0 Å². The smallest absolute Gasteiger partial charge is 0.185 e. The SMILES string of the molecule is CCN(CC)c1ccc(/C=C/C=C/C(=O)c2ccccc2)cc1. The molecule has 2 nitrogen and oxygen atoms in total. The van der Waals surface area contributed by atoms with E-state index in [9.17, 15) is 4.79 Å². The van der Waals surface area contributed by atoms with Crippen LogP contribution in [0.4, 0.5) is 5.69 Å². The van der Waals surface area contributed by atoms with Gasteiger partial charge in [-0.15, -0.1) is 0 Å². The monoisotopic (exact) mass is 305 g/mol. The van der Waals surface area contributed by atoms with Gasteiger partial charge in [0, 0.05) is 24.3 Å². The molecule has 118 valence electrons. The van der Waals surface area contributed by atoms with Gasteiger partial charge in [-0.2, -0.15) is 0 Å². The summed E-state index contributed by atoms with van der Waals surface area (Å²) >= 11 is 0. The Morgan fingerprint density at radius 3 is 2.17 bits per heavy atom. The van der Waals surface area contributed by atoms with Gasteiger partial charge in [-0.1, -0.05) is 60.7 Å². The Bertz CT molecular complexity index is 665. The number of anilines is 1. The highest BCUT2D eigenvalue weighted by Gasteiger charge is 2.00. The molecule has 2 heteroatoms. The van der Waals surface area contributed by atoms with Crippen LogP contribution in [0.2, 0.25) is 0 Å². The van der Waals surface area contributed by atoms with Crippen molar-refractivity contribution >= 4 is 17.5 Å². The maximum atomic E-state index is 11.9. The summed E-state index contributed by atoms with van der Waals surface area (Å²) in [6.07, 6.45) is 7.28. The van der Waals surface area contributed by atoms with Crippen molar-refractivity contribution < 1.29 is 4.79 Å². The van der Waals surface area contributed by atoms with E-state index >= 15 is 0 Å². The average molecular weight is 305 g/mol. The largest absolute Gasteiger partial charge is 0.372 e. The first-order valence-corrected chi connectivity index (χ1v) is 8.03. The first-order valence-electron chi connectivity index (χ1n) is 8.03. The second-order valence-corrected chi connectivity index (χ2v) is 5.21. The molecule has 0 saturated heterocycles. The summed E-state index contributed by atoms with van der Waals surface area (Å²) in [7, 11) is 0. The molecule has 0 amide bonds. The van der Waals surface area contributed by atoms with Gasteiger partial charge in [0.05, 0.1) is 0 Å². The number of benzene rings is 2. The van der Waals surface area contributed by atoms with Gasteiger partial charge in [0.25, 0.3) is 0 Å². The fraction of sp³-hybridized carbons (Fsp3) is 0.190. The molecule has 0 heterocycles. The molecule has 0 aliphatic carbocycles. The van der Waals surface area contributed by atoms with E-state index in [1.165, 1.54) is 5.69 Å². The summed E-state index contributed by atoms with van der Waals surface area (Å²) in [5, 5.41) is 0. The van der Waals surface area contributed by atoms with E-state index < -0.39 is 0 Å². The van der Waals surface area contributed by atoms with Crippen molar-refractivity contribution in [2.45, 2.75) is 13.8 Å². The number of carbonyl (C=O) groups is 1. The predicted octanol–water partition coefficient (Wildman–Crippen LogP) is 4.99. The highest BCUT2D eigenvalue weighted by Crippen LogP contribution is 2.15. The van der Waals surface area contributed by atoms with E-state index in [0.717, 1.165) is 18.7 Å². The number of carbonyl (C=O) groups excluding carboxylic acids is 1. The lowest BCUT2D eigenvalue weighted by molar-refractivity contribution is 0.104. The van der Waals surface area contributed by atoms with Crippen molar-refractivity contribution in [3.63, 3.8) is 0 Å². The topological polar surface area (TPSA) is 20.3 Å². The normalized spacial score (nSPS) is 11.2. The highest BCUT2D eigenvalue weighted by molar-refractivity contribution is 6.04. The molecule has 0 aliphatic rings. The Hall–Kier alpha value is -2.61. The fourth-order valence-electron chi connectivity index (χ4n) is 2.39. The number of allylic oxidation sites excluding steroid dienone is 3. The van der Waals surface area contributed by atoms with Gasteiger partial charge >= 0.3 is 0 Å². The third kappa shape index (κ3) is 4.96. The van der Waals surface area contributed by atoms with Gasteiger partial charge in [0.15, 0.2) is 5.78 Å². The van der Waals surface area contributed by atoms with Crippen LogP contribution in [-0.4, -0.2) is 18.9 Å². The van der Waals surface area contributed by atoms with Gasteiger partial charge in [-0.05, 0) is 37.6 Å². The van der Waals surface area contributed by atoms with E-state index in [-0.39, 0.29) is 5.78 Å². The Morgan fingerprint density at radius 1 is 0.913 bits per heavy atom. The molecule has 2 aromatic rings. The fourth-order valence-corrected chi connectivity index (χ4v) is 2.39. The zero-order chi connectivity index (χ0) is 16.5. The van der Waals surface area contributed by atoms with Crippen LogP contribution in [0.3, 0.4) is 0 Å². The zero-order valence-electron chi connectivity index (χ0n) is 13.8. The Morgan fingerprint density at radius 2 is 1.57 bits per heavy atom. The summed E-state index contributed by atoms with van der Waals surface area (Å²) in [5.41, 5.74) is 3.07. The molecule has 0 radical (unpaired) electrons. The molecule has 0 saturated carbocycles. The molecule has 0 aliphatic heterocycles. The van der Waals surface area contributed by atoms with Gasteiger partial charge in [0.2, 0.25) is 0 Å². The number of rotatable bonds is 7. The lowest BCUT2D eigenvalue weighted by Gasteiger charge is -2.20. The number of nitrogens with zero attached hydrogens (tertiary/aromatic N) is 1. The minimum atomic E-state index is 0.0205. The summed E-state index contributed by atoms with van der Waals surface area (Å²) < 4.78 is 0. The van der Waals surface area contributed by atoms with Crippen molar-refractivity contribution in [1.82, 2.24) is 0 Å². The van der Waals surface area contributed by atoms with Crippen molar-refractivity contribution in [2.24, 2.45) is 0 Å². The maximum Gasteiger partial charge on any atom is 0.185 e. The summed E-state index contributed by atoms with van der Waals surface area (Å²) in [4.78, 5) is 14.2. The Labute approximate surface area is 138 Å². The van der Waals surface area contributed by atoms with Crippen LogP contribution in [0.15, 0.2) is 72.8 Å². The molecule has 2 aromatic carbocycles. The quantitative estimate of drug-likeness (QED) is 0.408. The number of hydrogen-bond donors (Lipinski definition) is 0. The predicted molar refractivity (Wildman–Crippen MR) is 98.9 cm³/mol. The van der Waals surface area contributed by atoms with Crippen LogP contribution in [0.1, 0.15) is 29.8 Å². The van der Waals surface area contributed by atoms with Crippen LogP contribution in [0.25, 0.3) is 6.08 Å².